The van der Waals surface area contributed by atoms with E-state index in [0.29, 0.717) is 17.5 Å². The van der Waals surface area contributed by atoms with Crippen molar-refractivity contribution in [3.8, 4) is 78.7 Å². The number of hydrogen-bond donors (Lipinski definition) is 0. The van der Waals surface area contributed by atoms with E-state index >= 15 is 0 Å². The van der Waals surface area contributed by atoms with Crippen LogP contribution in [0.5, 0.6) is 0 Å². The zero-order valence-electron chi connectivity index (χ0n) is 33.4. The third-order valence-electron chi connectivity index (χ3n) is 11.8. The molecule has 12 rings (SSSR count). The van der Waals surface area contributed by atoms with Gasteiger partial charge in [-0.2, -0.15) is 0 Å². The Labute approximate surface area is 357 Å². The molecular weight excluding hydrogens is 759 g/mol. The van der Waals surface area contributed by atoms with Gasteiger partial charge in [0.2, 0.25) is 0 Å². The summed E-state index contributed by atoms with van der Waals surface area (Å²) in [7, 11) is 0. The van der Waals surface area contributed by atoms with Crippen LogP contribution in [0.2, 0.25) is 0 Å². The molecule has 0 saturated carbocycles. The molecule has 3 heterocycles. The maximum atomic E-state index is 6.86. The molecule has 62 heavy (non-hydrogen) atoms. The first kappa shape index (κ1) is 35.5. The maximum Gasteiger partial charge on any atom is 0.164 e. The average Bonchev–Trinajstić information content (AvgIpc) is 3.92. The Morgan fingerprint density at radius 1 is 0.258 bits per heavy atom. The van der Waals surface area contributed by atoms with Crippen LogP contribution in [0.25, 0.3) is 123 Å². The van der Waals surface area contributed by atoms with Crippen LogP contribution < -0.4 is 0 Å². The number of furan rings is 2. The summed E-state index contributed by atoms with van der Waals surface area (Å²) in [6, 6.07) is 73.2. The number of nitrogens with zero attached hydrogens (tertiary/aromatic N) is 3. The van der Waals surface area contributed by atoms with E-state index in [0.717, 1.165) is 105 Å². The molecule has 0 spiro atoms. The Balaban J connectivity index is 1.02. The van der Waals surface area contributed by atoms with Crippen molar-refractivity contribution in [3.63, 3.8) is 0 Å². The summed E-state index contributed by atoms with van der Waals surface area (Å²) in [5, 5.41) is 4.16. The molecule has 5 heteroatoms. The van der Waals surface area contributed by atoms with E-state index < -0.39 is 0 Å². The van der Waals surface area contributed by atoms with Crippen molar-refractivity contribution in [2.24, 2.45) is 0 Å². The number of fused-ring (bicyclic) bond motifs is 6. The normalized spacial score (nSPS) is 11.5. The predicted molar refractivity (Wildman–Crippen MR) is 252 cm³/mol. The first-order valence-electron chi connectivity index (χ1n) is 20.8. The van der Waals surface area contributed by atoms with Crippen molar-refractivity contribution in [2.45, 2.75) is 0 Å². The molecule has 0 aliphatic rings. The summed E-state index contributed by atoms with van der Waals surface area (Å²) in [4.78, 5) is 15.3. The van der Waals surface area contributed by atoms with Crippen molar-refractivity contribution in [3.05, 3.63) is 212 Å². The maximum absolute atomic E-state index is 6.86. The van der Waals surface area contributed by atoms with Gasteiger partial charge >= 0.3 is 0 Å². The quantitative estimate of drug-likeness (QED) is 0.161. The van der Waals surface area contributed by atoms with Gasteiger partial charge in [-0.1, -0.05) is 176 Å². The van der Waals surface area contributed by atoms with Gasteiger partial charge in [0, 0.05) is 49.4 Å². The van der Waals surface area contributed by atoms with Gasteiger partial charge in [0.05, 0.1) is 0 Å². The molecule has 0 unspecified atom stereocenters. The molecule has 3 aromatic heterocycles. The third kappa shape index (κ3) is 6.06. The lowest BCUT2D eigenvalue weighted by Gasteiger charge is -2.11. The Morgan fingerprint density at radius 3 is 0.968 bits per heavy atom. The second-order valence-corrected chi connectivity index (χ2v) is 15.5. The van der Waals surface area contributed by atoms with Crippen molar-refractivity contribution >= 4 is 43.9 Å². The monoisotopic (exact) mass is 793 g/mol. The van der Waals surface area contributed by atoms with Gasteiger partial charge in [-0.25, -0.2) is 15.0 Å². The first-order valence-corrected chi connectivity index (χ1v) is 20.8. The van der Waals surface area contributed by atoms with Crippen LogP contribution in [-0.2, 0) is 0 Å². The summed E-state index contributed by atoms with van der Waals surface area (Å²) < 4.78 is 13.7. The van der Waals surface area contributed by atoms with E-state index in [1.807, 2.05) is 54.6 Å². The number of benzene rings is 9. The Morgan fingerprint density at radius 2 is 0.581 bits per heavy atom. The summed E-state index contributed by atoms with van der Waals surface area (Å²) in [6.07, 6.45) is 0. The Hall–Kier alpha value is -8.41. The molecule has 0 atom stereocenters. The van der Waals surface area contributed by atoms with Gasteiger partial charge < -0.3 is 8.83 Å². The minimum absolute atomic E-state index is 0.549. The lowest BCUT2D eigenvalue weighted by Crippen LogP contribution is -2.00. The van der Waals surface area contributed by atoms with E-state index in [2.05, 4.69) is 158 Å². The van der Waals surface area contributed by atoms with Gasteiger partial charge in [-0.15, -0.1) is 0 Å². The third-order valence-corrected chi connectivity index (χ3v) is 11.8. The van der Waals surface area contributed by atoms with Gasteiger partial charge in [-0.3, -0.25) is 0 Å². The van der Waals surface area contributed by atoms with Gasteiger partial charge in [0.25, 0.3) is 0 Å². The molecule has 5 nitrogen and oxygen atoms in total. The largest absolute Gasteiger partial charge is 0.455 e. The van der Waals surface area contributed by atoms with Crippen LogP contribution in [0.15, 0.2) is 221 Å². The highest BCUT2D eigenvalue weighted by Crippen LogP contribution is 2.44. The molecule has 9 aromatic carbocycles. The Kier molecular flexibility index (Phi) is 8.42. The van der Waals surface area contributed by atoms with E-state index in [1.165, 1.54) is 0 Å². The van der Waals surface area contributed by atoms with E-state index in [9.17, 15) is 0 Å². The summed E-state index contributed by atoms with van der Waals surface area (Å²) in [5.74, 6) is 1.68. The van der Waals surface area contributed by atoms with Crippen LogP contribution in [0.3, 0.4) is 0 Å². The zero-order chi connectivity index (χ0) is 41.0. The lowest BCUT2D eigenvalue weighted by molar-refractivity contribution is 0.670. The molecule has 0 aliphatic heterocycles. The van der Waals surface area contributed by atoms with Crippen LogP contribution >= 0.6 is 0 Å². The van der Waals surface area contributed by atoms with Crippen LogP contribution in [0.1, 0.15) is 0 Å². The van der Waals surface area contributed by atoms with Gasteiger partial charge in [-0.05, 0) is 69.8 Å². The lowest BCUT2D eigenvalue weighted by atomic mass is 9.92. The fourth-order valence-corrected chi connectivity index (χ4v) is 8.81. The fraction of sp³-hybridized carbons (Fsp3) is 0. The van der Waals surface area contributed by atoms with Gasteiger partial charge in [0.15, 0.2) is 17.5 Å². The van der Waals surface area contributed by atoms with Crippen molar-refractivity contribution < 1.29 is 8.83 Å². The van der Waals surface area contributed by atoms with E-state index in [1.54, 1.807) is 0 Å². The fourth-order valence-electron chi connectivity index (χ4n) is 8.81. The van der Waals surface area contributed by atoms with Crippen molar-refractivity contribution in [2.75, 3.05) is 0 Å². The standard InChI is InChI=1S/C57H35N3O2/c1-6-16-36(17-7-1)43-30-32-47-45-28-26-41(34-49(45)61-53(47)51(43)38-20-10-3-11-21-38)56-58-55(40-24-14-5-15-25-40)59-57(60-56)42-27-29-46-48-33-31-44(37-18-8-2-9-19-37)52(39-22-12-4-13-23-39)54(48)62-50(46)35-42/h1-35H. The van der Waals surface area contributed by atoms with Crippen molar-refractivity contribution in [1.82, 2.24) is 15.0 Å². The number of hydrogen-bond acceptors (Lipinski definition) is 5. The number of rotatable bonds is 7. The Bertz CT molecular complexity index is 3380. The molecule has 12 aromatic rings. The molecule has 0 amide bonds. The molecule has 0 aliphatic carbocycles. The highest BCUT2D eigenvalue weighted by atomic mass is 16.3. The van der Waals surface area contributed by atoms with Crippen molar-refractivity contribution in [1.29, 1.82) is 0 Å². The highest BCUT2D eigenvalue weighted by molar-refractivity contribution is 6.14. The highest BCUT2D eigenvalue weighted by Gasteiger charge is 2.21. The number of aromatic nitrogens is 3. The summed E-state index contributed by atoms with van der Waals surface area (Å²) in [5.41, 5.74) is 14.6. The smallest absolute Gasteiger partial charge is 0.164 e. The molecule has 0 radical (unpaired) electrons. The van der Waals surface area contributed by atoms with Gasteiger partial charge in [0.1, 0.15) is 22.3 Å². The minimum atomic E-state index is 0.549. The molecule has 290 valence electrons. The molecular formula is C57H35N3O2. The predicted octanol–water partition coefficient (Wildman–Crippen LogP) is 15.3. The zero-order valence-corrected chi connectivity index (χ0v) is 33.4. The minimum Gasteiger partial charge on any atom is -0.455 e. The second kappa shape index (κ2) is 14.7. The van der Waals surface area contributed by atoms with E-state index in [-0.39, 0.29) is 0 Å². The van der Waals surface area contributed by atoms with E-state index in [4.69, 9.17) is 23.8 Å². The molecule has 0 bridgehead atoms. The molecule has 0 saturated heterocycles. The first-order chi connectivity index (χ1) is 30.7. The second-order valence-electron chi connectivity index (χ2n) is 15.5. The topological polar surface area (TPSA) is 65.0 Å². The average molecular weight is 794 g/mol. The van der Waals surface area contributed by atoms with Crippen LogP contribution in [-0.4, -0.2) is 15.0 Å². The summed E-state index contributed by atoms with van der Waals surface area (Å²) in [6.45, 7) is 0. The molecule has 0 fully saturated rings. The SMILES string of the molecule is c1ccc(-c2nc(-c3ccc4c(c3)oc3c(-c5ccccc5)c(-c5ccccc5)ccc34)nc(-c3ccc4c(c3)oc3c(-c5ccccc5)c(-c5ccccc5)ccc34)n2)cc1. The van der Waals surface area contributed by atoms with Crippen LogP contribution in [0.4, 0.5) is 0 Å². The molecule has 0 N–H and O–H groups in total. The summed E-state index contributed by atoms with van der Waals surface area (Å²) >= 11 is 0. The van der Waals surface area contributed by atoms with Crippen LogP contribution in [0, 0.1) is 0 Å².